The summed E-state index contributed by atoms with van der Waals surface area (Å²) < 4.78 is 4.66. The van der Waals surface area contributed by atoms with Crippen molar-refractivity contribution < 1.29 is 14.3 Å². The first-order chi connectivity index (χ1) is 8.45. The molecule has 0 spiro atoms. The van der Waals surface area contributed by atoms with Gasteiger partial charge in [0, 0.05) is 25.6 Å². The van der Waals surface area contributed by atoms with Gasteiger partial charge in [-0.15, -0.1) is 0 Å². The van der Waals surface area contributed by atoms with Crippen LogP contribution in [0.5, 0.6) is 0 Å². The summed E-state index contributed by atoms with van der Waals surface area (Å²) in [6, 6.07) is 0.244. The Labute approximate surface area is 109 Å². The molecular formula is C13H24N2O3. The van der Waals surface area contributed by atoms with Crippen molar-refractivity contribution in [2.75, 3.05) is 20.7 Å². The van der Waals surface area contributed by atoms with Crippen molar-refractivity contribution in [1.29, 1.82) is 0 Å². The third kappa shape index (κ3) is 3.98. The third-order valence-corrected chi connectivity index (χ3v) is 3.65. The van der Waals surface area contributed by atoms with Crippen LogP contribution in [0.4, 0.5) is 0 Å². The molecule has 1 aliphatic rings. The monoisotopic (exact) mass is 256 g/mol. The van der Waals surface area contributed by atoms with Gasteiger partial charge in [0.1, 0.15) is 0 Å². The van der Waals surface area contributed by atoms with Crippen LogP contribution < -0.4 is 5.73 Å². The van der Waals surface area contributed by atoms with Crippen LogP contribution >= 0.6 is 0 Å². The van der Waals surface area contributed by atoms with E-state index in [1.807, 2.05) is 0 Å². The fourth-order valence-electron chi connectivity index (χ4n) is 2.45. The van der Waals surface area contributed by atoms with Crippen molar-refractivity contribution in [3.8, 4) is 0 Å². The summed E-state index contributed by atoms with van der Waals surface area (Å²) in [6.07, 6.45) is 3.54. The van der Waals surface area contributed by atoms with Crippen LogP contribution in [0.15, 0.2) is 0 Å². The minimum Gasteiger partial charge on any atom is -0.469 e. The van der Waals surface area contributed by atoms with Gasteiger partial charge >= 0.3 is 5.97 Å². The van der Waals surface area contributed by atoms with Crippen molar-refractivity contribution in [2.45, 2.75) is 38.6 Å². The summed E-state index contributed by atoms with van der Waals surface area (Å²) in [5, 5.41) is 0. The molecule has 5 nitrogen and oxygen atoms in total. The lowest BCUT2D eigenvalue weighted by molar-refractivity contribution is -0.146. The highest BCUT2D eigenvalue weighted by Gasteiger charge is 2.28. The average Bonchev–Trinajstić information content (AvgIpc) is 2.37. The average molecular weight is 256 g/mol. The first kappa shape index (κ1) is 15.0. The van der Waals surface area contributed by atoms with Gasteiger partial charge in [-0.25, -0.2) is 0 Å². The maximum absolute atomic E-state index is 12.2. The molecule has 1 rings (SSSR count). The van der Waals surface area contributed by atoms with Gasteiger partial charge in [-0.1, -0.05) is 6.92 Å². The zero-order chi connectivity index (χ0) is 13.7. The van der Waals surface area contributed by atoms with E-state index < -0.39 is 0 Å². The zero-order valence-electron chi connectivity index (χ0n) is 11.5. The highest BCUT2D eigenvalue weighted by molar-refractivity contribution is 5.79. The van der Waals surface area contributed by atoms with Crippen molar-refractivity contribution >= 4 is 11.9 Å². The van der Waals surface area contributed by atoms with Gasteiger partial charge in [0.15, 0.2) is 0 Å². The molecule has 0 radical (unpaired) electrons. The van der Waals surface area contributed by atoms with E-state index >= 15 is 0 Å². The van der Waals surface area contributed by atoms with Crippen LogP contribution in [0.3, 0.4) is 0 Å². The van der Waals surface area contributed by atoms with E-state index in [9.17, 15) is 9.59 Å². The lowest BCUT2D eigenvalue weighted by Gasteiger charge is -2.29. The molecule has 1 aliphatic carbocycles. The van der Waals surface area contributed by atoms with E-state index in [4.69, 9.17) is 5.73 Å². The molecule has 0 saturated heterocycles. The maximum atomic E-state index is 12.2. The van der Waals surface area contributed by atoms with E-state index in [1.54, 1.807) is 18.9 Å². The number of hydrogen-bond acceptors (Lipinski definition) is 4. The van der Waals surface area contributed by atoms with Crippen molar-refractivity contribution in [3.05, 3.63) is 0 Å². The maximum Gasteiger partial charge on any atom is 0.310 e. The number of amides is 1. The molecule has 1 unspecified atom stereocenters. The second kappa shape index (κ2) is 6.73. The summed E-state index contributed by atoms with van der Waals surface area (Å²) in [5.74, 6) is -0.368. The smallest absolute Gasteiger partial charge is 0.310 e. The Morgan fingerprint density at radius 2 is 1.89 bits per heavy atom. The van der Waals surface area contributed by atoms with E-state index in [0.717, 1.165) is 25.7 Å². The summed E-state index contributed by atoms with van der Waals surface area (Å²) in [6.45, 7) is 2.18. The van der Waals surface area contributed by atoms with Gasteiger partial charge in [-0.05, 0) is 25.7 Å². The molecule has 0 aromatic carbocycles. The number of nitrogens with zero attached hydrogens (tertiary/aromatic N) is 1. The van der Waals surface area contributed by atoms with Gasteiger partial charge in [-0.3, -0.25) is 9.59 Å². The van der Waals surface area contributed by atoms with Crippen molar-refractivity contribution in [1.82, 2.24) is 4.90 Å². The lowest BCUT2D eigenvalue weighted by Crippen LogP contribution is -2.40. The molecular weight excluding hydrogens is 232 g/mol. The number of esters is 1. The number of carbonyl (C=O) groups is 2. The molecule has 104 valence electrons. The van der Waals surface area contributed by atoms with E-state index in [2.05, 4.69) is 4.74 Å². The molecule has 0 aliphatic heterocycles. The van der Waals surface area contributed by atoms with Gasteiger partial charge in [-0.2, -0.15) is 0 Å². The van der Waals surface area contributed by atoms with Gasteiger partial charge in [0.25, 0.3) is 0 Å². The minimum absolute atomic E-state index is 0.0691. The highest BCUT2D eigenvalue weighted by Crippen LogP contribution is 2.24. The molecule has 0 aromatic heterocycles. The van der Waals surface area contributed by atoms with E-state index in [-0.39, 0.29) is 29.8 Å². The predicted octanol–water partition coefficient (Wildman–Crippen LogP) is 0.771. The molecule has 1 amide bonds. The minimum atomic E-state index is -0.283. The van der Waals surface area contributed by atoms with Crippen LogP contribution in [-0.2, 0) is 14.3 Å². The Hall–Kier alpha value is -1.10. The number of nitrogens with two attached hydrogens (primary N) is 1. The molecule has 1 atom stereocenters. The molecule has 1 saturated carbocycles. The van der Waals surface area contributed by atoms with Gasteiger partial charge in [0.05, 0.1) is 13.0 Å². The normalized spacial score (nSPS) is 25.3. The highest BCUT2D eigenvalue weighted by atomic mass is 16.5. The predicted molar refractivity (Wildman–Crippen MR) is 68.8 cm³/mol. The van der Waals surface area contributed by atoms with Crippen LogP contribution in [0.2, 0.25) is 0 Å². The topological polar surface area (TPSA) is 72.6 Å². The van der Waals surface area contributed by atoms with E-state index in [0.29, 0.717) is 6.54 Å². The Morgan fingerprint density at radius 1 is 1.33 bits per heavy atom. The van der Waals surface area contributed by atoms with E-state index in [1.165, 1.54) is 7.11 Å². The second-order valence-electron chi connectivity index (χ2n) is 5.25. The van der Waals surface area contributed by atoms with Crippen molar-refractivity contribution in [2.24, 2.45) is 17.6 Å². The van der Waals surface area contributed by atoms with Gasteiger partial charge in [0.2, 0.25) is 5.91 Å². The fraction of sp³-hybridized carbons (Fsp3) is 0.846. The summed E-state index contributed by atoms with van der Waals surface area (Å²) >= 11 is 0. The van der Waals surface area contributed by atoms with Crippen LogP contribution in [0, 0.1) is 11.8 Å². The largest absolute Gasteiger partial charge is 0.469 e. The molecule has 0 aromatic rings. The molecule has 1 fully saturated rings. The van der Waals surface area contributed by atoms with Crippen LogP contribution in [0.25, 0.3) is 0 Å². The Bertz CT molecular complexity index is 299. The Morgan fingerprint density at radius 3 is 2.39 bits per heavy atom. The SMILES string of the molecule is COC(=O)C(C)CN(C)C(=O)C1CCC(N)CC1. The Kier molecular flexibility index (Phi) is 5.59. The quantitative estimate of drug-likeness (QED) is 0.754. The first-order valence-electron chi connectivity index (χ1n) is 6.54. The molecule has 2 N–H and O–H groups in total. The summed E-state index contributed by atoms with van der Waals surface area (Å²) in [4.78, 5) is 25.1. The summed E-state index contributed by atoms with van der Waals surface area (Å²) in [7, 11) is 3.11. The first-order valence-corrected chi connectivity index (χ1v) is 6.54. The lowest BCUT2D eigenvalue weighted by atomic mass is 9.85. The second-order valence-corrected chi connectivity index (χ2v) is 5.25. The Balaban J connectivity index is 2.43. The number of methoxy groups -OCH3 is 1. The molecule has 0 heterocycles. The molecule has 5 heteroatoms. The fourth-order valence-corrected chi connectivity index (χ4v) is 2.45. The third-order valence-electron chi connectivity index (χ3n) is 3.65. The molecule has 0 bridgehead atoms. The molecule has 18 heavy (non-hydrogen) atoms. The number of rotatable bonds is 4. The van der Waals surface area contributed by atoms with Crippen LogP contribution in [-0.4, -0.2) is 43.5 Å². The van der Waals surface area contributed by atoms with Crippen molar-refractivity contribution in [3.63, 3.8) is 0 Å². The number of ether oxygens (including phenoxy) is 1. The summed E-state index contributed by atoms with van der Waals surface area (Å²) in [5.41, 5.74) is 5.83. The van der Waals surface area contributed by atoms with Crippen LogP contribution in [0.1, 0.15) is 32.6 Å². The number of carbonyl (C=O) groups excluding carboxylic acids is 2. The van der Waals surface area contributed by atoms with Gasteiger partial charge < -0.3 is 15.4 Å². The standard InChI is InChI=1S/C13H24N2O3/c1-9(13(17)18-3)8-15(2)12(16)10-4-6-11(14)7-5-10/h9-11H,4-8,14H2,1-3H3. The zero-order valence-corrected chi connectivity index (χ0v) is 11.5. The number of hydrogen-bond donors (Lipinski definition) is 1.